The van der Waals surface area contributed by atoms with E-state index in [9.17, 15) is 0 Å². The van der Waals surface area contributed by atoms with Crippen molar-refractivity contribution in [2.75, 3.05) is 7.11 Å². The second-order valence-corrected chi connectivity index (χ2v) is 5.07. The van der Waals surface area contributed by atoms with E-state index in [1.54, 1.807) is 7.11 Å². The molecule has 7 nitrogen and oxygen atoms in total. The van der Waals surface area contributed by atoms with Crippen LogP contribution in [0.3, 0.4) is 0 Å². The Balaban J connectivity index is 1.60. The Morgan fingerprint density at radius 3 is 2.96 bits per heavy atom. The maximum atomic E-state index is 5.22. The van der Waals surface area contributed by atoms with E-state index < -0.39 is 0 Å². The number of hydrogen-bond acceptors (Lipinski definition) is 5. The number of fused-ring (bicyclic) bond motifs is 1. The maximum absolute atomic E-state index is 5.22. The number of hydrogen-bond donors (Lipinski definition) is 0. The molecule has 0 spiro atoms. The molecule has 1 aromatic carbocycles. The van der Waals surface area contributed by atoms with E-state index >= 15 is 0 Å². The molecular weight excluding hydrogens is 292 g/mol. The molecule has 3 aromatic heterocycles. The topological polar surface area (TPSA) is 70.1 Å². The molecule has 0 saturated heterocycles. The van der Waals surface area contributed by atoms with Crippen LogP contribution in [-0.2, 0) is 6.54 Å². The Morgan fingerprint density at radius 1 is 1.13 bits per heavy atom. The van der Waals surface area contributed by atoms with Gasteiger partial charge >= 0.3 is 0 Å². The summed E-state index contributed by atoms with van der Waals surface area (Å²) in [6.45, 7) is 0.471. The van der Waals surface area contributed by atoms with Gasteiger partial charge in [0.1, 0.15) is 17.9 Å². The van der Waals surface area contributed by atoms with Gasteiger partial charge in [0.2, 0.25) is 5.82 Å². The Hall–Kier alpha value is -3.22. The van der Waals surface area contributed by atoms with E-state index in [-0.39, 0.29) is 0 Å². The second kappa shape index (κ2) is 5.53. The molecule has 0 amide bonds. The number of nitrogens with zero attached hydrogens (tertiary/aromatic N) is 6. The van der Waals surface area contributed by atoms with Crippen molar-refractivity contribution < 1.29 is 4.74 Å². The van der Waals surface area contributed by atoms with Gasteiger partial charge in [0.25, 0.3) is 0 Å². The molecule has 0 fully saturated rings. The van der Waals surface area contributed by atoms with Gasteiger partial charge in [0.15, 0.2) is 0 Å². The van der Waals surface area contributed by atoms with Crippen LogP contribution in [0.25, 0.3) is 17.0 Å². The SMILES string of the molecule is COc1cccc(-c2nnn(Cc3cn4ccccc4n3)n2)c1. The lowest BCUT2D eigenvalue weighted by atomic mass is 10.2. The zero-order valence-electron chi connectivity index (χ0n) is 12.5. The lowest BCUT2D eigenvalue weighted by molar-refractivity contribution is 0.415. The van der Waals surface area contributed by atoms with Crippen molar-refractivity contribution in [2.45, 2.75) is 6.54 Å². The van der Waals surface area contributed by atoms with Gasteiger partial charge in [0, 0.05) is 18.0 Å². The lowest BCUT2D eigenvalue weighted by Gasteiger charge is -2.00. The van der Waals surface area contributed by atoms with Crippen molar-refractivity contribution in [1.82, 2.24) is 29.6 Å². The van der Waals surface area contributed by atoms with Gasteiger partial charge in [-0.15, -0.1) is 10.2 Å². The summed E-state index contributed by atoms with van der Waals surface area (Å²) in [5.41, 5.74) is 2.65. The minimum Gasteiger partial charge on any atom is -0.497 e. The van der Waals surface area contributed by atoms with E-state index in [2.05, 4.69) is 20.4 Å². The summed E-state index contributed by atoms with van der Waals surface area (Å²) in [6, 6.07) is 13.5. The zero-order valence-corrected chi connectivity index (χ0v) is 12.5. The molecule has 0 atom stereocenters. The molecule has 7 heteroatoms. The minimum absolute atomic E-state index is 0.471. The van der Waals surface area contributed by atoms with Crippen LogP contribution in [-0.4, -0.2) is 36.7 Å². The third-order valence-corrected chi connectivity index (χ3v) is 3.50. The average Bonchev–Trinajstić information content (AvgIpc) is 3.21. The normalized spacial score (nSPS) is 11.0. The summed E-state index contributed by atoms with van der Waals surface area (Å²) >= 11 is 0. The van der Waals surface area contributed by atoms with Crippen LogP contribution in [0.5, 0.6) is 5.75 Å². The van der Waals surface area contributed by atoms with Gasteiger partial charge < -0.3 is 9.14 Å². The summed E-state index contributed by atoms with van der Waals surface area (Å²) in [7, 11) is 1.63. The maximum Gasteiger partial charge on any atom is 0.205 e. The number of benzene rings is 1. The Bertz CT molecular complexity index is 925. The van der Waals surface area contributed by atoms with Crippen LogP contribution in [0.2, 0.25) is 0 Å². The molecule has 0 aliphatic heterocycles. The molecular formula is C16H14N6O. The van der Waals surface area contributed by atoms with Crippen LogP contribution in [0.1, 0.15) is 5.69 Å². The quantitative estimate of drug-likeness (QED) is 0.577. The summed E-state index contributed by atoms with van der Waals surface area (Å²) in [5.74, 6) is 1.33. The largest absolute Gasteiger partial charge is 0.497 e. The van der Waals surface area contributed by atoms with Crippen molar-refractivity contribution in [2.24, 2.45) is 0 Å². The van der Waals surface area contributed by atoms with Crippen molar-refractivity contribution in [3.05, 3.63) is 60.6 Å². The van der Waals surface area contributed by atoms with Crippen molar-refractivity contribution in [3.8, 4) is 17.1 Å². The number of tetrazole rings is 1. The smallest absolute Gasteiger partial charge is 0.205 e. The number of pyridine rings is 1. The first kappa shape index (κ1) is 13.4. The fraction of sp³-hybridized carbons (Fsp3) is 0.125. The lowest BCUT2D eigenvalue weighted by Crippen LogP contribution is -2.04. The highest BCUT2D eigenvalue weighted by Crippen LogP contribution is 2.19. The molecule has 0 N–H and O–H groups in total. The summed E-state index contributed by atoms with van der Waals surface area (Å²) < 4.78 is 7.18. The number of ether oxygens (including phenoxy) is 1. The predicted octanol–water partition coefficient (Wildman–Crippen LogP) is 2.04. The van der Waals surface area contributed by atoms with Gasteiger partial charge in [-0.05, 0) is 29.5 Å². The van der Waals surface area contributed by atoms with E-state index in [4.69, 9.17) is 4.74 Å². The standard InChI is InChI=1S/C16H14N6O/c1-23-14-6-4-5-12(9-14)16-18-20-22(19-16)11-13-10-21-8-3-2-7-15(21)17-13/h2-10H,11H2,1H3. The summed E-state index contributed by atoms with van der Waals surface area (Å²) in [4.78, 5) is 6.07. The minimum atomic E-state index is 0.471. The monoisotopic (exact) mass is 306 g/mol. The van der Waals surface area contributed by atoms with Crippen LogP contribution in [0.4, 0.5) is 0 Å². The van der Waals surface area contributed by atoms with Crippen LogP contribution in [0.15, 0.2) is 54.9 Å². The number of methoxy groups -OCH3 is 1. The fourth-order valence-electron chi connectivity index (χ4n) is 2.40. The van der Waals surface area contributed by atoms with Gasteiger partial charge in [-0.2, -0.15) is 4.80 Å². The molecule has 23 heavy (non-hydrogen) atoms. The Morgan fingerprint density at radius 2 is 2.09 bits per heavy atom. The molecule has 3 heterocycles. The average molecular weight is 306 g/mol. The van der Waals surface area contributed by atoms with Crippen LogP contribution < -0.4 is 4.74 Å². The summed E-state index contributed by atoms with van der Waals surface area (Å²) in [6.07, 6.45) is 3.92. The molecule has 0 aliphatic carbocycles. The predicted molar refractivity (Wildman–Crippen MR) is 84.1 cm³/mol. The van der Waals surface area contributed by atoms with Crippen LogP contribution >= 0.6 is 0 Å². The zero-order chi connectivity index (χ0) is 15.6. The first-order valence-electron chi connectivity index (χ1n) is 7.17. The molecule has 114 valence electrons. The molecule has 0 bridgehead atoms. The third-order valence-electron chi connectivity index (χ3n) is 3.50. The first-order valence-corrected chi connectivity index (χ1v) is 7.17. The van der Waals surface area contributed by atoms with Crippen molar-refractivity contribution >= 4 is 5.65 Å². The van der Waals surface area contributed by atoms with Gasteiger partial charge in [-0.3, -0.25) is 0 Å². The van der Waals surface area contributed by atoms with Crippen molar-refractivity contribution in [1.29, 1.82) is 0 Å². The van der Waals surface area contributed by atoms with Crippen molar-refractivity contribution in [3.63, 3.8) is 0 Å². The van der Waals surface area contributed by atoms with Crippen LogP contribution in [0, 0.1) is 0 Å². The molecule has 0 saturated carbocycles. The van der Waals surface area contributed by atoms with E-state index in [1.165, 1.54) is 4.80 Å². The van der Waals surface area contributed by atoms with Gasteiger partial charge in [-0.25, -0.2) is 4.98 Å². The van der Waals surface area contributed by atoms with Gasteiger partial charge in [0.05, 0.1) is 12.8 Å². The highest BCUT2D eigenvalue weighted by molar-refractivity contribution is 5.56. The van der Waals surface area contributed by atoms with E-state index in [0.29, 0.717) is 12.4 Å². The summed E-state index contributed by atoms with van der Waals surface area (Å²) in [5, 5.41) is 12.6. The highest BCUT2D eigenvalue weighted by Gasteiger charge is 2.09. The molecule has 0 radical (unpaired) electrons. The van der Waals surface area contributed by atoms with Gasteiger partial charge in [-0.1, -0.05) is 18.2 Å². The molecule has 0 unspecified atom stereocenters. The number of imidazole rings is 1. The highest BCUT2D eigenvalue weighted by atomic mass is 16.5. The number of aromatic nitrogens is 6. The number of rotatable bonds is 4. The second-order valence-electron chi connectivity index (χ2n) is 5.07. The fourth-order valence-corrected chi connectivity index (χ4v) is 2.40. The third kappa shape index (κ3) is 2.64. The Labute approximate surface area is 132 Å². The van der Waals surface area contributed by atoms with E-state index in [1.807, 2.05) is 59.3 Å². The molecule has 4 aromatic rings. The van der Waals surface area contributed by atoms with E-state index in [0.717, 1.165) is 22.7 Å². The molecule has 0 aliphatic rings. The Kier molecular flexibility index (Phi) is 3.23. The molecule has 4 rings (SSSR count). The first-order chi connectivity index (χ1) is 11.3.